The summed E-state index contributed by atoms with van der Waals surface area (Å²) in [5.41, 5.74) is 18.6. The number of aliphatic hydroxyl groups is 1. The fourth-order valence-corrected chi connectivity index (χ4v) is 9.47. The molecule has 74 heavy (non-hydrogen) atoms. The number of aliphatic hydroxyl groups excluding tert-OH is 1. The van der Waals surface area contributed by atoms with E-state index in [1.807, 2.05) is 0 Å². The molecular weight excluding hydrogens is 975 g/mol. The number of amides is 9. The van der Waals surface area contributed by atoms with E-state index in [-0.39, 0.29) is 32.2 Å². The first-order valence-corrected chi connectivity index (χ1v) is 26.2. The van der Waals surface area contributed by atoms with Crippen LogP contribution >= 0.6 is 11.8 Å². The summed E-state index contributed by atoms with van der Waals surface area (Å²) in [5.74, 6) is -9.01. The van der Waals surface area contributed by atoms with E-state index >= 15 is 0 Å². The third-order valence-electron chi connectivity index (χ3n) is 13.1. The van der Waals surface area contributed by atoms with Crippen molar-refractivity contribution in [2.45, 2.75) is 153 Å². The van der Waals surface area contributed by atoms with Gasteiger partial charge >= 0.3 is 0 Å². The van der Waals surface area contributed by atoms with Crippen LogP contribution in [0.2, 0.25) is 0 Å². The molecule has 4 rings (SSSR count). The van der Waals surface area contributed by atoms with E-state index in [1.165, 1.54) is 6.92 Å². The predicted octanol–water partition coefficient (Wildman–Crippen LogP) is -1.46. The van der Waals surface area contributed by atoms with Crippen molar-refractivity contribution in [1.29, 1.82) is 0 Å². The molecule has 0 saturated carbocycles. The van der Waals surface area contributed by atoms with Crippen molar-refractivity contribution >= 4 is 70.0 Å². The third-order valence-corrected chi connectivity index (χ3v) is 14.2. The van der Waals surface area contributed by atoms with Gasteiger partial charge in [-0.1, -0.05) is 113 Å². The molecule has 0 spiro atoms. The molecule has 406 valence electrons. The van der Waals surface area contributed by atoms with Crippen molar-refractivity contribution in [3.05, 3.63) is 71.8 Å². The van der Waals surface area contributed by atoms with Gasteiger partial charge in [-0.25, -0.2) is 0 Å². The highest BCUT2D eigenvalue weighted by molar-refractivity contribution is 8.13. The second-order valence-electron chi connectivity index (χ2n) is 19.3. The first kappa shape index (κ1) is 60.1. The lowest BCUT2D eigenvalue weighted by molar-refractivity contribution is -0.143. The molecule has 2 aliphatic heterocycles. The molecule has 2 aromatic rings. The molecule has 22 nitrogen and oxygen atoms in total. The van der Waals surface area contributed by atoms with E-state index in [0.29, 0.717) is 55.1 Å². The molecule has 11 atom stereocenters. The molecule has 0 radical (unpaired) electrons. The topological polar surface area (TPSA) is 356 Å². The standard InChI is InChI=1S/C51H75N11O11S/c1-6-29(4)41(60-43(65)33(53)20-13-14-22-52)48(70)56-35(26-39(54)64)50(72)62-23-15-21-38(62)46(68)58-37-27-74-51(73)36(25-32-18-11-8-12-19-32)57-44(66)34(24-31-16-9-7-10-17-31)55-47(69)40(28(2)3)59-49(71)42(30(5)63)61-45(37)67/h7-12,16-19,28-30,33-38,40-42,63H,6,13-15,20-27,52-53H2,1-5H3,(H2,54,64)(H,55,69)(H,56,70)(H,57,66)(H,58,68)(H,59,71)(H,60,65)(H,61,67)/t29-,30+,33-,34-,35-,36-,37-,38-,40?,41-,42-/m0/s1. The number of carbonyl (C=O) groups excluding carboxylic acids is 10. The van der Waals surface area contributed by atoms with Crippen LogP contribution in [0.15, 0.2) is 60.7 Å². The van der Waals surface area contributed by atoms with E-state index in [4.69, 9.17) is 17.2 Å². The fraction of sp³-hybridized carbons (Fsp3) is 0.569. The summed E-state index contributed by atoms with van der Waals surface area (Å²) in [6, 6.07) is 5.61. The summed E-state index contributed by atoms with van der Waals surface area (Å²) in [7, 11) is 0. The Labute approximate surface area is 436 Å². The van der Waals surface area contributed by atoms with Gasteiger partial charge in [-0.05, 0) is 62.1 Å². The molecular formula is C51H75N11O11S. The number of primary amides is 1. The minimum absolute atomic E-state index is 0.00216. The van der Waals surface area contributed by atoms with Crippen molar-refractivity contribution in [3.8, 4) is 0 Å². The normalized spacial score (nSPS) is 23.2. The maximum Gasteiger partial charge on any atom is 0.246 e. The van der Waals surface area contributed by atoms with Crippen molar-refractivity contribution in [1.82, 2.24) is 42.1 Å². The van der Waals surface area contributed by atoms with Gasteiger partial charge in [-0.15, -0.1) is 0 Å². The monoisotopic (exact) mass is 1050 g/mol. The predicted molar refractivity (Wildman–Crippen MR) is 277 cm³/mol. The molecule has 2 aliphatic rings. The second-order valence-corrected chi connectivity index (χ2v) is 20.4. The van der Waals surface area contributed by atoms with Gasteiger partial charge in [-0.3, -0.25) is 47.9 Å². The fourth-order valence-electron chi connectivity index (χ4n) is 8.56. The van der Waals surface area contributed by atoms with Crippen LogP contribution in [-0.4, -0.2) is 148 Å². The van der Waals surface area contributed by atoms with E-state index < -0.39 is 143 Å². The number of carbonyl (C=O) groups is 10. The van der Waals surface area contributed by atoms with Gasteiger partial charge < -0.3 is 64.4 Å². The van der Waals surface area contributed by atoms with Gasteiger partial charge in [0.25, 0.3) is 0 Å². The molecule has 0 aliphatic carbocycles. The minimum Gasteiger partial charge on any atom is -0.391 e. The molecule has 2 heterocycles. The lowest BCUT2D eigenvalue weighted by Crippen LogP contribution is -2.63. The highest BCUT2D eigenvalue weighted by Gasteiger charge is 2.42. The number of hydrogen-bond donors (Lipinski definition) is 11. The average Bonchev–Trinajstić information content (AvgIpc) is 3.86. The zero-order valence-corrected chi connectivity index (χ0v) is 43.6. The summed E-state index contributed by atoms with van der Waals surface area (Å²) in [6.07, 6.45) is 0.0893. The Morgan fingerprint density at radius 2 is 1.35 bits per heavy atom. The van der Waals surface area contributed by atoms with E-state index in [0.717, 1.165) is 4.90 Å². The highest BCUT2D eigenvalue weighted by Crippen LogP contribution is 2.22. The van der Waals surface area contributed by atoms with Crippen molar-refractivity contribution in [3.63, 3.8) is 0 Å². The maximum absolute atomic E-state index is 14.4. The number of nitrogens with two attached hydrogens (primary N) is 3. The number of thioether (sulfide) groups is 1. The van der Waals surface area contributed by atoms with Crippen LogP contribution in [0.25, 0.3) is 0 Å². The summed E-state index contributed by atoms with van der Waals surface area (Å²) in [5, 5.41) is 28.7. The number of nitrogens with zero attached hydrogens (tertiary/aromatic N) is 1. The van der Waals surface area contributed by atoms with E-state index in [9.17, 15) is 53.1 Å². The lowest BCUT2D eigenvalue weighted by atomic mass is 9.96. The van der Waals surface area contributed by atoms with Crippen LogP contribution in [0.4, 0.5) is 0 Å². The lowest BCUT2D eigenvalue weighted by Gasteiger charge is -2.32. The number of hydrogen-bond acceptors (Lipinski definition) is 14. The van der Waals surface area contributed by atoms with Crippen LogP contribution in [-0.2, 0) is 60.8 Å². The highest BCUT2D eigenvalue weighted by atomic mass is 32.2. The summed E-state index contributed by atoms with van der Waals surface area (Å²) >= 11 is 0.600. The Bertz CT molecular complexity index is 2270. The van der Waals surface area contributed by atoms with Crippen LogP contribution < -0.4 is 54.4 Å². The van der Waals surface area contributed by atoms with Crippen molar-refractivity contribution in [2.75, 3.05) is 18.8 Å². The Morgan fingerprint density at radius 1 is 0.770 bits per heavy atom. The van der Waals surface area contributed by atoms with E-state index in [2.05, 4.69) is 37.2 Å². The third kappa shape index (κ3) is 17.9. The molecule has 0 aromatic heterocycles. The number of likely N-dealkylation sites (tertiary alicyclic amines) is 1. The van der Waals surface area contributed by atoms with Gasteiger partial charge in [0.2, 0.25) is 58.3 Å². The summed E-state index contributed by atoms with van der Waals surface area (Å²) < 4.78 is 0. The second kappa shape index (κ2) is 29.5. The zero-order valence-electron chi connectivity index (χ0n) is 42.8. The molecule has 2 fully saturated rings. The molecule has 0 bridgehead atoms. The smallest absolute Gasteiger partial charge is 0.246 e. The van der Waals surface area contributed by atoms with Gasteiger partial charge in [-0.2, -0.15) is 0 Å². The molecule has 9 amide bonds. The number of unbranched alkanes of at least 4 members (excludes halogenated alkanes) is 1. The number of rotatable bonds is 21. The van der Waals surface area contributed by atoms with Gasteiger partial charge in [0.05, 0.1) is 18.6 Å². The first-order valence-electron chi connectivity index (χ1n) is 25.2. The maximum atomic E-state index is 14.4. The quantitative estimate of drug-likeness (QED) is 0.0638. The van der Waals surface area contributed by atoms with Crippen molar-refractivity contribution in [2.24, 2.45) is 29.0 Å². The van der Waals surface area contributed by atoms with Gasteiger partial charge in [0, 0.05) is 25.1 Å². The SMILES string of the molecule is CC[C@H](C)[C@H](NC(=O)[C@@H](N)CCCCN)C(=O)N[C@@H](CC(N)=O)C(=O)N1CCC[C@H]1C(=O)N[C@H]1CSC(=O)[C@H](Cc2ccccc2)NC(=O)[C@H](Cc2ccccc2)NC(=O)C(C(C)C)NC(=O)[C@H]([C@@H](C)O)NC1=O. The van der Waals surface area contributed by atoms with Gasteiger partial charge in [0.15, 0.2) is 0 Å². The van der Waals surface area contributed by atoms with Crippen LogP contribution in [0.1, 0.15) is 90.7 Å². The molecule has 2 saturated heterocycles. The number of benzene rings is 2. The van der Waals surface area contributed by atoms with Crippen molar-refractivity contribution < 1.29 is 53.1 Å². The van der Waals surface area contributed by atoms with Crippen LogP contribution in [0.5, 0.6) is 0 Å². The Morgan fingerprint density at radius 3 is 1.92 bits per heavy atom. The molecule has 2 aromatic carbocycles. The Hall–Kier alpha value is -6.43. The van der Waals surface area contributed by atoms with Crippen LogP contribution in [0.3, 0.4) is 0 Å². The Kier molecular flexibility index (Phi) is 23.9. The summed E-state index contributed by atoms with van der Waals surface area (Å²) in [4.78, 5) is 140. The van der Waals surface area contributed by atoms with Gasteiger partial charge in [0.1, 0.15) is 48.3 Å². The minimum atomic E-state index is -1.70. The average molecular weight is 1050 g/mol. The Balaban J connectivity index is 1.67. The van der Waals surface area contributed by atoms with E-state index in [1.54, 1.807) is 88.4 Å². The first-order chi connectivity index (χ1) is 35.1. The van der Waals surface area contributed by atoms with Crippen LogP contribution in [0, 0.1) is 11.8 Å². The largest absolute Gasteiger partial charge is 0.391 e. The summed E-state index contributed by atoms with van der Waals surface area (Å²) in [6.45, 7) is 8.44. The molecule has 14 N–H and O–H groups in total. The molecule has 1 unspecified atom stereocenters. The molecule has 23 heteroatoms. The zero-order chi connectivity index (χ0) is 54.6. The number of nitrogens with one attached hydrogen (secondary N) is 7.